The lowest BCUT2D eigenvalue weighted by Crippen LogP contribution is -2.29. The average Bonchev–Trinajstić information content (AvgIpc) is 3.18. The summed E-state index contributed by atoms with van der Waals surface area (Å²) >= 11 is 0. The fourth-order valence-electron chi connectivity index (χ4n) is 4.57. The molecular weight excluding hydrogens is 311 g/mol. The molecule has 2 atom stereocenters. The fraction of sp³-hybridized carbons (Fsp3) is 0.455. The Morgan fingerprint density at radius 2 is 1.84 bits per heavy atom. The van der Waals surface area contributed by atoms with Crippen LogP contribution in [0, 0.1) is 5.82 Å². The number of rotatable bonds is 3. The van der Waals surface area contributed by atoms with Crippen molar-refractivity contribution < 1.29 is 4.39 Å². The SMILES string of the molecule is CC(C)N1CC(c2cc(F)cc([C@@H]3CCCN3C)c2)c2ccccc21. The second-order valence-electron chi connectivity index (χ2n) is 7.81. The van der Waals surface area contributed by atoms with Crippen molar-refractivity contribution in [2.45, 2.75) is 44.7 Å². The van der Waals surface area contributed by atoms with Gasteiger partial charge < -0.3 is 4.90 Å². The molecule has 2 nitrogen and oxygen atoms in total. The van der Waals surface area contributed by atoms with Crippen molar-refractivity contribution in [2.24, 2.45) is 0 Å². The van der Waals surface area contributed by atoms with E-state index in [2.05, 4.69) is 61.0 Å². The highest BCUT2D eigenvalue weighted by molar-refractivity contribution is 5.63. The number of hydrogen-bond donors (Lipinski definition) is 0. The molecule has 0 saturated carbocycles. The van der Waals surface area contributed by atoms with Crippen LogP contribution in [0.1, 0.15) is 55.3 Å². The first-order valence-corrected chi connectivity index (χ1v) is 9.41. The zero-order valence-corrected chi connectivity index (χ0v) is 15.4. The maximum Gasteiger partial charge on any atom is 0.123 e. The van der Waals surface area contributed by atoms with Crippen molar-refractivity contribution >= 4 is 5.69 Å². The summed E-state index contributed by atoms with van der Waals surface area (Å²) in [4.78, 5) is 4.79. The average molecular weight is 338 g/mol. The minimum atomic E-state index is -0.103. The van der Waals surface area contributed by atoms with Crippen LogP contribution in [0.3, 0.4) is 0 Å². The van der Waals surface area contributed by atoms with Crippen molar-refractivity contribution in [3.05, 3.63) is 65.0 Å². The summed E-state index contributed by atoms with van der Waals surface area (Å²) in [5.74, 6) is 0.146. The van der Waals surface area contributed by atoms with Crippen molar-refractivity contribution in [1.82, 2.24) is 4.90 Å². The van der Waals surface area contributed by atoms with Crippen LogP contribution in [0.15, 0.2) is 42.5 Å². The van der Waals surface area contributed by atoms with E-state index in [1.54, 1.807) is 12.1 Å². The Labute approximate surface area is 150 Å². The Bertz CT molecular complexity index is 770. The van der Waals surface area contributed by atoms with Gasteiger partial charge in [0.15, 0.2) is 0 Å². The Morgan fingerprint density at radius 1 is 1.08 bits per heavy atom. The Hall–Kier alpha value is -1.87. The lowest BCUT2D eigenvalue weighted by Gasteiger charge is -2.25. The third kappa shape index (κ3) is 2.95. The molecule has 2 aromatic rings. The van der Waals surface area contributed by atoms with Crippen LogP contribution in [-0.2, 0) is 0 Å². The Kier molecular flexibility index (Phi) is 4.28. The van der Waals surface area contributed by atoms with E-state index in [0.29, 0.717) is 12.1 Å². The van der Waals surface area contributed by atoms with Gasteiger partial charge in [-0.15, -0.1) is 0 Å². The molecule has 0 radical (unpaired) electrons. The smallest absolute Gasteiger partial charge is 0.123 e. The van der Waals surface area contributed by atoms with Crippen molar-refractivity contribution in [3.8, 4) is 0 Å². The van der Waals surface area contributed by atoms with Gasteiger partial charge in [-0.1, -0.05) is 24.3 Å². The number of hydrogen-bond acceptors (Lipinski definition) is 2. The lowest BCUT2D eigenvalue weighted by molar-refractivity contribution is 0.316. The first kappa shape index (κ1) is 16.6. The van der Waals surface area contributed by atoms with Crippen molar-refractivity contribution in [2.75, 3.05) is 25.0 Å². The van der Waals surface area contributed by atoms with Crippen molar-refractivity contribution in [1.29, 1.82) is 0 Å². The Balaban J connectivity index is 1.74. The molecule has 1 unspecified atom stereocenters. The van der Waals surface area contributed by atoms with Gasteiger partial charge >= 0.3 is 0 Å². The third-order valence-corrected chi connectivity index (χ3v) is 5.87. The number of likely N-dealkylation sites (tertiary alicyclic amines) is 1. The molecule has 3 heteroatoms. The molecule has 0 spiro atoms. The summed E-state index contributed by atoms with van der Waals surface area (Å²) in [5.41, 5.74) is 4.88. The minimum absolute atomic E-state index is 0.103. The monoisotopic (exact) mass is 338 g/mol. The van der Waals surface area contributed by atoms with Gasteiger partial charge in [0.25, 0.3) is 0 Å². The molecule has 0 N–H and O–H groups in total. The number of fused-ring (bicyclic) bond motifs is 1. The predicted molar refractivity (Wildman–Crippen MR) is 102 cm³/mol. The van der Waals surface area contributed by atoms with E-state index in [-0.39, 0.29) is 11.7 Å². The molecule has 132 valence electrons. The van der Waals surface area contributed by atoms with Gasteiger partial charge in [0, 0.05) is 30.2 Å². The lowest BCUT2D eigenvalue weighted by atomic mass is 9.90. The van der Waals surface area contributed by atoms with Crippen LogP contribution in [-0.4, -0.2) is 31.1 Å². The molecule has 0 aromatic heterocycles. The van der Waals surface area contributed by atoms with Crippen LogP contribution in [0.25, 0.3) is 0 Å². The maximum absolute atomic E-state index is 14.5. The fourth-order valence-corrected chi connectivity index (χ4v) is 4.57. The molecule has 2 aliphatic rings. The second-order valence-corrected chi connectivity index (χ2v) is 7.81. The molecule has 2 aliphatic heterocycles. The van der Waals surface area contributed by atoms with E-state index in [1.165, 1.54) is 17.7 Å². The molecule has 1 fully saturated rings. The molecule has 0 bridgehead atoms. The quantitative estimate of drug-likeness (QED) is 0.781. The molecular formula is C22H27FN2. The molecule has 2 heterocycles. The molecule has 2 aromatic carbocycles. The van der Waals surface area contributed by atoms with Gasteiger partial charge in [0.1, 0.15) is 5.82 Å². The van der Waals surface area contributed by atoms with E-state index in [9.17, 15) is 4.39 Å². The largest absolute Gasteiger partial charge is 0.368 e. The number of nitrogens with zero attached hydrogens (tertiary/aromatic N) is 2. The zero-order valence-electron chi connectivity index (χ0n) is 15.4. The Morgan fingerprint density at radius 3 is 2.56 bits per heavy atom. The summed E-state index contributed by atoms with van der Waals surface area (Å²) in [5, 5.41) is 0. The highest BCUT2D eigenvalue weighted by Gasteiger charge is 2.32. The zero-order chi connectivity index (χ0) is 17.6. The van der Waals surface area contributed by atoms with Crippen LogP contribution >= 0.6 is 0 Å². The number of anilines is 1. The summed E-state index contributed by atoms with van der Waals surface area (Å²) < 4.78 is 14.5. The maximum atomic E-state index is 14.5. The molecule has 0 amide bonds. The molecule has 1 saturated heterocycles. The van der Waals surface area contributed by atoms with Gasteiger partial charge in [0.05, 0.1) is 0 Å². The van der Waals surface area contributed by atoms with E-state index >= 15 is 0 Å². The van der Waals surface area contributed by atoms with Gasteiger partial charge in [0.2, 0.25) is 0 Å². The molecule has 4 rings (SSSR count). The molecule has 25 heavy (non-hydrogen) atoms. The van der Waals surface area contributed by atoms with E-state index in [1.807, 2.05) is 0 Å². The number of benzene rings is 2. The van der Waals surface area contributed by atoms with Gasteiger partial charge in [-0.05, 0) is 75.2 Å². The third-order valence-electron chi connectivity index (χ3n) is 5.87. The first-order chi connectivity index (χ1) is 12.0. The summed E-state index contributed by atoms with van der Waals surface area (Å²) in [6, 6.07) is 15.1. The summed E-state index contributed by atoms with van der Waals surface area (Å²) in [7, 11) is 2.15. The summed E-state index contributed by atoms with van der Waals surface area (Å²) in [6.45, 7) is 6.48. The van der Waals surface area contributed by atoms with Gasteiger partial charge in [-0.25, -0.2) is 4.39 Å². The first-order valence-electron chi connectivity index (χ1n) is 9.41. The van der Waals surface area contributed by atoms with Crippen LogP contribution in [0.2, 0.25) is 0 Å². The van der Waals surface area contributed by atoms with Crippen LogP contribution < -0.4 is 4.90 Å². The van der Waals surface area contributed by atoms with Gasteiger partial charge in [-0.2, -0.15) is 0 Å². The van der Waals surface area contributed by atoms with E-state index in [4.69, 9.17) is 0 Å². The van der Waals surface area contributed by atoms with E-state index < -0.39 is 0 Å². The number of para-hydroxylation sites is 1. The van der Waals surface area contributed by atoms with Crippen LogP contribution in [0.5, 0.6) is 0 Å². The second kappa shape index (κ2) is 6.45. The normalized spacial score (nSPS) is 23.5. The predicted octanol–water partition coefficient (Wildman–Crippen LogP) is 4.95. The standard InChI is InChI=1S/C22H27FN2/c1-15(2)25-14-20(19-7-4-5-8-22(19)25)16-11-17(13-18(23)12-16)21-9-6-10-24(21)3/h4-5,7-8,11-13,15,20-21H,6,9-10,14H2,1-3H3/t20?,21-/m0/s1. The number of halogens is 1. The summed E-state index contributed by atoms with van der Waals surface area (Å²) in [6.07, 6.45) is 2.32. The van der Waals surface area contributed by atoms with Gasteiger partial charge in [-0.3, -0.25) is 4.90 Å². The van der Waals surface area contributed by atoms with Crippen LogP contribution in [0.4, 0.5) is 10.1 Å². The topological polar surface area (TPSA) is 6.48 Å². The van der Waals surface area contributed by atoms with E-state index in [0.717, 1.165) is 30.6 Å². The van der Waals surface area contributed by atoms with Crippen molar-refractivity contribution in [3.63, 3.8) is 0 Å². The minimum Gasteiger partial charge on any atom is -0.368 e. The highest BCUT2D eigenvalue weighted by Crippen LogP contribution is 2.42. The highest BCUT2D eigenvalue weighted by atomic mass is 19.1. The molecule has 0 aliphatic carbocycles.